The number of aliphatic hydroxyl groups is 5. The highest BCUT2D eigenvalue weighted by molar-refractivity contribution is 5.76. The molecule has 0 aliphatic carbocycles. The smallest absolute Gasteiger partial charge is 0.305 e. The fraction of sp³-hybridized carbons (Fsp3) is 0.909. The van der Waals surface area contributed by atoms with Crippen LogP contribution in [0.4, 0.5) is 0 Å². The van der Waals surface area contributed by atoms with Gasteiger partial charge < -0.3 is 45.1 Å². The maximum Gasteiger partial charge on any atom is 0.305 e. The monoisotopic (exact) mass is 1090 g/mol. The Labute approximate surface area is 473 Å². The molecule has 1 rings (SSSR count). The van der Waals surface area contributed by atoms with Crippen LogP contribution in [0.5, 0.6) is 0 Å². The molecule has 11 heteroatoms. The van der Waals surface area contributed by atoms with Crippen LogP contribution in [0, 0.1) is 0 Å². The number of carbonyl (C=O) groups excluding carboxylic acids is 2. The lowest BCUT2D eigenvalue weighted by atomic mass is 9.99. The van der Waals surface area contributed by atoms with Gasteiger partial charge in [0.25, 0.3) is 0 Å². The highest BCUT2D eigenvalue weighted by atomic mass is 16.7. The van der Waals surface area contributed by atoms with Crippen LogP contribution in [0.25, 0.3) is 0 Å². The molecule has 0 aromatic heterocycles. The first-order valence-electron chi connectivity index (χ1n) is 33.1. The van der Waals surface area contributed by atoms with E-state index in [9.17, 15) is 35.1 Å². The summed E-state index contributed by atoms with van der Waals surface area (Å²) >= 11 is 0. The van der Waals surface area contributed by atoms with Crippen molar-refractivity contribution in [3.05, 3.63) is 24.3 Å². The van der Waals surface area contributed by atoms with Crippen molar-refractivity contribution in [1.82, 2.24) is 5.32 Å². The molecule has 6 N–H and O–H groups in total. The lowest BCUT2D eigenvalue weighted by Crippen LogP contribution is -2.60. The Morgan fingerprint density at radius 1 is 0.468 bits per heavy atom. The predicted molar refractivity (Wildman–Crippen MR) is 320 cm³/mol. The van der Waals surface area contributed by atoms with Crippen LogP contribution in [0.1, 0.15) is 322 Å². The van der Waals surface area contributed by atoms with Crippen molar-refractivity contribution in [3.63, 3.8) is 0 Å². The number of amides is 1. The zero-order valence-electron chi connectivity index (χ0n) is 50.2. The van der Waals surface area contributed by atoms with E-state index in [1.54, 1.807) is 6.08 Å². The van der Waals surface area contributed by atoms with E-state index in [2.05, 4.69) is 31.3 Å². The summed E-state index contributed by atoms with van der Waals surface area (Å²) in [6.45, 7) is 4.34. The molecule has 77 heavy (non-hydrogen) atoms. The molecule has 11 nitrogen and oxygen atoms in total. The Hall–Kier alpha value is -1.86. The number of unbranched alkanes of at least 4 members (excludes halogenated alkanes) is 42. The summed E-state index contributed by atoms with van der Waals surface area (Å²) < 4.78 is 16.7. The number of allylic oxidation sites excluding steroid dienone is 3. The van der Waals surface area contributed by atoms with E-state index in [0.717, 1.165) is 64.2 Å². The molecule has 454 valence electrons. The van der Waals surface area contributed by atoms with Gasteiger partial charge in [-0.3, -0.25) is 9.59 Å². The van der Waals surface area contributed by atoms with Crippen LogP contribution in [0.15, 0.2) is 24.3 Å². The minimum absolute atomic E-state index is 0.00515. The molecule has 0 radical (unpaired) electrons. The van der Waals surface area contributed by atoms with Crippen LogP contribution in [-0.4, -0.2) is 100 Å². The third kappa shape index (κ3) is 45.4. The average molecular weight is 1090 g/mol. The summed E-state index contributed by atoms with van der Waals surface area (Å²) in [5, 5.41) is 54.2. The van der Waals surface area contributed by atoms with Crippen LogP contribution in [0.3, 0.4) is 0 Å². The molecule has 0 aromatic rings. The van der Waals surface area contributed by atoms with Crippen molar-refractivity contribution in [3.8, 4) is 0 Å². The topological polar surface area (TPSA) is 175 Å². The number of ether oxygens (including phenoxy) is 3. The third-order valence-electron chi connectivity index (χ3n) is 15.8. The Morgan fingerprint density at radius 2 is 0.831 bits per heavy atom. The normalized spacial score (nSPS) is 18.7. The molecule has 0 saturated carbocycles. The van der Waals surface area contributed by atoms with Crippen molar-refractivity contribution in [2.75, 3.05) is 19.8 Å². The zero-order chi connectivity index (χ0) is 55.9. The number of hydrogen-bond donors (Lipinski definition) is 6. The number of nitrogens with one attached hydrogen (secondary N) is 1. The van der Waals surface area contributed by atoms with Crippen LogP contribution in [-0.2, 0) is 23.8 Å². The number of carbonyl (C=O) groups is 2. The molecule has 1 aliphatic heterocycles. The second-order valence-electron chi connectivity index (χ2n) is 23.2. The Morgan fingerprint density at radius 3 is 1.25 bits per heavy atom. The van der Waals surface area contributed by atoms with Crippen LogP contribution in [0.2, 0.25) is 0 Å². The second-order valence-corrected chi connectivity index (χ2v) is 23.2. The molecule has 0 spiro atoms. The highest BCUT2D eigenvalue weighted by Gasteiger charge is 2.44. The Bertz CT molecular complexity index is 1330. The summed E-state index contributed by atoms with van der Waals surface area (Å²) in [4.78, 5) is 25.1. The van der Waals surface area contributed by atoms with Gasteiger partial charge in [0.1, 0.15) is 24.4 Å². The van der Waals surface area contributed by atoms with Gasteiger partial charge in [0, 0.05) is 12.8 Å². The first kappa shape index (κ1) is 73.2. The molecule has 1 amide bonds. The molecular formula is C66H125NO10. The summed E-state index contributed by atoms with van der Waals surface area (Å²) in [5.41, 5.74) is 0. The molecule has 1 aliphatic rings. The Kier molecular flexibility index (Phi) is 53.2. The summed E-state index contributed by atoms with van der Waals surface area (Å²) in [5.74, 6) is -0.182. The van der Waals surface area contributed by atoms with E-state index in [4.69, 9.17) is 14.2 Å². The molecule has 7 unspecified atom stereocenters. The number of esters is 1. The SMILES string of the molecule is CCCCCCCCC/C=C/C(O)C(COC1OC(CO)C(O)C(O)C1O)NC(=O)CCCCCCCCCC/C=C\CCCCCCCCCCCCCCOC(=O)CCCCCCCCCCCCCCCCCC. The Balaban J connectivity index is 1.96. The van der Waals surface area contributed by atoms with E-state index in [0.29, 0.717) is 19.4 Å². The van der Waals surface area contributed by atoms with Gasteiger partial charge in [0.2, 0.25) is 5.91 Å². The maximum atomic E-state index is 13.0. The van der Waals surface area contributed by atoms with Crippen molar-refractivity contribution >= 4 is 11.9 Å². The van der Waals surface area contributed by atoms with Crippen molar-refractivity contribution in [2.45, 2.75) is 365 Å². The predicted octanol–water partition coefficient (Wildman–Crippen LogP) is 16.1. The summed E-state index contributed by atoms with van der Waals surface area (Å²) in [7, 11) is 0. The van der Waals surface area contributed by atoms with Crippen LogP contribution < -0.4 is 5.32 Å². The molecule has 0 aromatic carbocycles. The molecule has 1 fully saturated rings. The zero-order valence-corrected chi connectivity index (χ0v) is 50.2. The maximum absolute atomic E-state index is 13.0. The van der Waals surface area contributed by atoms with Gasteiger partial charge in [0.05, 0.1) is 32.0 Å². The van der Waals surface area contributed by atoms with Gasteiger partial charge in [-0.25, -0.2) is 0 Å². The first-order valence-corrected chi connectivity index (χ1v) is 33.1. The van der Waals surface area contributed by atoms with E-state index in [1.165, 1.54) is 231 Å². The molecular weight excluding hydrogens is 967 g/mol. The molecule has 0 bridgehead atoms. The summed E-state index contributed by atoms with van der Waals surface area (Å²) in [6.07, 6.45) is 58.8. The number of rotatable bonds is 58. The van der Waals surface area contributed by atoms with Gasteiger partial charge in [-0.15, -0.1) is 0 Å². The minimum Gasteiger partial charge on any atom is -0.466 e. The van der Waals surface area contributed by atoms with Gasteiger partial charge in [-0.1, -0.05) is 276 Å². The first-order chi connectivity index (χ1) is 37.7. The van der Waals surface area contributed by atoms with E-state index in [1.807, 2.05) is 6.08 Å². The van der Waals surface area contributed by atoms with Gasteiger partial charge in [0.15, 0.2) is 6.29 Å². The van der Waals surface area contributed by atoms with Crippen LogP contribution >= 0.6 is 0 Å². The second kappa shape index (κ2) is 56.0. The van der Waals surface area contributed by atoms with Crippen molar-refractivity contribution in [1.29, 1.82) is 0 Å². The van der Waals surface area contributed by atoms with E-state index in [-0.39, 0.29) is 18.5 Å². The number of aliphatic hydroxyl groups excluding tert-OH is 5. The van der Waals surface area contributed by atoms with Gasteiger partial charge in [-0.05, 0) is 57.8 Å². The fourth-order valence-electron chi connectivity index (χ4n) is 10.5. The van der Waals surface area contributed by atoms with E-state index < -0.39 is 49.5 Å². The lowest BCUT2D eigenvalue weighted by Gasteiger charge is -2.40. The van der Waals surface area contributed by atoms with Gasteiger partial charge >= 0.3 is 5.97 Å². The largest absolute Gasteiger partial charge is 0.466 e. The molecule has 1 saturated heterocycles. The fourth-order valence-corrected chi connectivity index (χ4v) is 10.5. The lowest BCUT2D eigenvalue weighted by molar-refractivity contribution is -0.302. The summed E-state index contributed by atoms with van der Waals surface area (Å²) in [6, 6.07) is -0.811. The highest BCUT2D eigenvalue weighted by Crippen LogP contribution is 2.23. The standard InChI is InChI=1S/C66H125NO10/c1-3-5-7-9-11-13-14-15-16-28-31-34-38-42-46-50-54-62(71)75-55-51-47-43-39-35-32-29-26-24-22-20-18-17-19-21-23-25-27-30-33-37-41-45-49-53-61(70)67-58(59(69)52-48-44-40-36-12-10-8-6-4-2)57-76-66-65(74)64(73)63(72)60(56-68)77-66/h19,21,48,52,58-60,63-66,68-69,72-74H,3-18,20,22-47,49-51,53-57H2,1-2H3,(H,67,70)/b21-19-,52-48+. The third-order valence-corrected chi connectivity index (χ3v) is 15.8. The van der Waals surface area contributed by atoms with E-state index >= 15 is 0 Å². The van der Waals surface area contributed by atoms with Gasteiger partial charge in [-0.2, -0.15) is 0 Å². The molecule has 7 atom stereocenters. The quantitative estimate of drug-likeness (QED) is 0.0195. The molecule has 1 heterocycles. The van der Waals surface area contributed by atoms with Crippen molar-refractivity contribution < 1.29 is 49.3 Å². The van der Waals surface area contributed by atoms with Crippen molar-refractivity contribution in [2.24, 2.45) is 0 Å². The average Bonchev–Trinajstić information content (AvgIpc) is 3.43. The number of hydrogen-bond acceptors (Lipinski definition) is 10. The minimum atomic E-state index is -1.57.